The maximum atomic E-state index is 12.5. The van der Waals surface area contributed by atoms with E-state index < -0.39 is 5.41 Å². The fourth-order valence-electron chi connectivity index (χ4n) is 3.77. The van der Waals surface area contributed by atoms with Gasteiger partial charge in [-0.1, -0.05) is 43.7 Å². The number of benzene rings is 1. The Morgan fingerprint density at radius 3 is 2.48 bits per heavy atom. The summed E-state index contributed by atoms with van der Waals surface area (Å²) in [4.78, 5) is 29.4. The van der Waals surface area contributed by atoms with Crippen LogP contribution in [0.5, 0.6) is 0 Å². The molecule has 2 atom stereocenters. The zero-order valence-electron chi connectivity index (χ0n) is 14.8. The minimum atomic E-state index is -0.805. The number of amides is 2. The smallest absolute Gasteiger partial charge is 0.265 e. The highest BCUT2D eigenvalue weighted by atomic mass is 16.2. The summed E-state index contributed by atoms with van der Waals surface area (Å²) in [5.41, 5.74) is 7.29. The van der Waals surface area contributed by atoms with E-state index >= 15 is 0 Å². The highest BCUT2D eigenvalue weighted by Crippen LogP contribution is 2.49. The molecule has 0 bridgehead atoms. The second kappa shape index (κ2) is 6.82. The molecule has 0 saturated heterocycles. The van der Waals surface area contributed by atoms with Crippen molar-refractivity contribution in [1.29, 1.82) is 0 Å². The highest BCUT2D eigenvalue weighted by molar-refractivity contribution is 6.39. The van der Waals surface area contributed by atoms with Crippen molar-refractivity contribution in [3.8, 4) is 0 Å². The van der Waals surface area contributed by atoms with Gasteiger partial charge in [0.1, 0.15) is 5.71 Å². The summed E-state index contributed by atoms with van der Waals surface area (Å²) in [6.45, 7) is 2.05. The first-order valence-corrected chi connectivity index (χ1v) is 8.85. The number of nitrogens with two attached hydrogens (primary N) is 1. The molecule has 3 N–H and O–H groups in total. The summed E-state index contributed by atoms with van der Waals surface area (Å²) < 4.78 is 0. The largest absolute Gasteiger partial charge is 0.369 e. The van der Waals surface area contributed by atoms with Crippen LogP contribution in [0.15, 0.2) is 47.1 Å². The van der Waals surface area contributed by atoms with Crippen molar-refractivity contribution in [2.75, 3.05) is 7.05 Å². The maximum absolute atomic E-state index is 12.5. The molecule has 2 aliphatic rings. The van der Waals surface area contributed by atoms with Crippen molar-refractivity contribution in [2.24, 2.45) is 22.1 Å². The van der Waals surface area contributed by atoms with Gasteiger partial charge in [-0.05, 0) is 30.4 Å². The zero-order chi connectivity index (χ0) is 18.0. The number of primary amides is 1. The third-order valence-corrected chi connectivity index (χ3v) is 5.65. The Morgan fingerprint density at radius 1 is 1.28 bits per heavy atom. The number of rotatable bonds is 5. The van der Waals surface area contributed by atoms with Crippen LogP contribution in [0, 0.1) is 11.3 Å². The van der Waals surface area contributed by atoms with Gasteiger partial charge in [0.05, 0.1) is 5.41 Å². The maximum Gasteiger partial charge on any atom is 0.265 e. The molecule has 5 nitrogen and oxygen atoms in total. The molecule has 1 aliphatic carbocycles. The number of nitrogens with one attached hydrogen (secondary N) is 1. The average molecular weight is 339 g/mol. The summed E-state index contributed by atoms with van der Waals surface area (Å²) in [5, 5.41) is 2.64. The number of carbonyl (C=O) groups excluding carboxylic acids is 2. The van der Waals surface area contributed by atoms with Crippen molar-refractivity contribution in [2.45, 2.75) is 38.5 Å². The predicted octanol–water partition coefficient (Wildman–Crippen LogP) is 2.54. The van der Waals surface area contributed by atoms with E-state index in [1.54, 1.807) is 7.05 Å². The molecule has 0 spiro atoms. The van der Waals surface area contributed by atoms with Crippen molar-refractivity contribution in [1.82, 2.24) is 5.32 Å². The second-order valence-electron chi connectivity index (χ2n) is 7.05. The molecule has 5 heteroatoms. The molecule has 3 rings (SSSR count). The Bertz CT molecular complexity index is 735. The van der Waals surface area contributed by atoms with E-state index in [9.17, 15) is 9.59 Å². The SMILES string of the molecule is CNC(=O)C1=NC(C(C)c2ccccc2)=CC(C(N)=O)(C2CCC2)C1. The summed E-state index contributed by atoms with van der Waals surface area (Å²) in [6.07, 6.45) is 5.27. The summed E-state index contributed by atoms with van der Waals surface area (Å²) in [7, 11) is 1.58. The minimum absolute atomic E-state index is 0.0139. The van der Waals surface area contributed by atoms with Crippen LogP contribution < -0.4 is 11.1 Å². The van der Waals surface area contributed by atoms with Gasteiger partial charge in [-0.15, -0.1) is 0 Å². The number of nitrogens with zero attached hydrogens (tertiary/aromatic N) is 1. The number of carbonyl (C=O) groups is 2. The molecular formula is C20H25N3O2. The van der Waals surface area contributed by atoms with Gasteiger partial charge in [-0.2, -0.15) is 0 Å². The lowest BCUT2D eigenvalue weighted by Crippen LogP contribution is -2.49. The first-order valence-electron chi connectivity index (χ1n) is 8.85. The first-order chi connectivity index (χ1) is 12.0. The van der Waals surface area contributed by atoms with Crippen LogP contribution in [-0.4, -0.2) is 24.6 Å². The second-order valence-corrected chi connectivity index (χ2v) is 7.05. The molecule has 1 saturated carbocycles. The third-order valence-electron chi connectivity index (χ3n) is 5.65. The van der Waals surface area contributed by atoms with Crippen molar-refractivity contribution < 1.29 is 9.59 Å². The monoisotopic (exact) mass is 339 g/mol. The number of allylic oxidation sites excluding steroid dienone is 1. The number of hydrogen-bond acceptors (Lipinski definition) is 3. The molecule has 2 amide bonds. The van der Waals surface area contributed by atoms with E-state index in [-0.39, 0.29) is 30.1 Å². The van der Waals surface area contributed by atoms with E-state index in [1.807, 2.05) is 43.3 Å². The van der Waals surface area contributed by atoms with Crippen molar-refractivity contribution in [3.05, 3.63) is 47.7 Å². The normalized spacial score (nSPS) is 24.6. The first kappa shape index (κ1) is 17.4. The van der Waals surface area contributed by atoms with E-state index in [2.05, 4.69) is 10.3 Å². The molecule has 1 aliphatic heterocycles. The molecule has 1 aromatic rings. The molecular weight excluding hydrogens is 314 g/mol. The van der Waals surface area contributed by atoms with Gasteiger partial charge in [0.2, 0.25) is 5.91 Å². The Labute approximate surface area is 148 Å². The van der Waals surface area contributed by atoms with Crippen LogP contribution in [0.4, 0.5) is 0 Å². The van der Waals surface area contributed by atoms with Crippen molar-refractivity contribution >= 4 is 17.5 Å². The molecule has 1 fully saturated rings. The lowest BCUT2D eigenvalue weighted by atomic mass is 9.61. The van der Waals surface area contributed by atoms with Crippen LogP contribution in [0.3, 0.4) is 0 Å². The molecule has 1 aromatic carbocycles. The van der Waals surface area contributed by atoms with Gasteiger partial charge in [-0.3, -0.25) is 14.6 Å². The van der Waals surface area contributed by atoms with Gasteiger partial charge in [0.25, 0.3) is 5.91 Å². The molecule has 132 valence electrons. The van der Waals surface area contributed by atoms with E-state index in [4.69, 9.17) is 5.73 Å². The summed E-state index contributed by atoms with van der Waals surface area (Å²) in [5.74, 6) is -0.417. The van der Waals surface area contributed by atoms with Crippen LogP contribution in [0.1, 0.15) is 44.1 Å². The molecule has 1 heterocycles. The topological polar surface area (TPSA) is 84.6 Å². The summed E-state index contributed by atoms with van der Waals surface area (Å²) in [6, 6.07) is 9.99. The van der Waals surface area contributed by atoms with Crippen LogP contribution in [0.25, 0.3) is 0 Å². The minimum Gasteiger partial charge on any atom is -0.369 e. The Kier molecular flexibility index (Phi) is 4.75. The average Bonchev–Trinajstić information content (AvgIpc) is 2.59. The van der Waals surface area contributed by atoms with E-state index in [0.717, 1.165) is 30.5 Å². The van der Waals surface area contributed by atoms with E-state index in [0.29, 0.717) is 5.71 Å². The van der Waals surface area contributed by atoms with Crippen LogP contribution in [-0.2, 0) is 9.59 Å². The lowest BCUT2D eigenvalue weighted by Gasteiger charge is -2.43. The van der Waals surface area contributed by atoms with Gasteiger partial charge in [-0.25, -0.2) is 0 Å². The van der Waals surface area contributed by atoms with Gasteiger partial charge >= 0.3 is 0 Å². The molecule has 2 unspecified atom stereocenters. The van der Waals surface area contributed by atoms with Gasteiger partial charge in [0, 0.05) is 25.1 Å². The van der Waals surface area contributed by atoms with Crippen LogP contribution >= 0.6 is 0 Å². The van der Waals surface area contributed by atoms with Gasteiger partial charge < -0.3 is 11.1 Å². The fourth-order valence-corrected chi connectivity index (χ4v) is 3.77. The Morgan fingerprint density at radius 2 is 1.96 bits per heavy atom. The Hall–Kier alpha value is -2.43. The Balaban J connectivity index is 2.06. The lowest BCUT2D eigenvalue weighted by molar-refractivity contribution is -0.129. The molecule has 0 radical (unpaired) electrons. The van der Waals surface area contributed by atoms with E-state index in [1.165, 1.54) is 0 Å². The highest BCUT2D eigenvalue weighted by Gasteiger charge is 2.48. The summed E-state index contributed by atoms with van der Waals surface area (Å²) >= 11 is 0. The standard InChI is InChI=1S/C20H25N3O2/c1-13(14-7-4-3-5-8-14)16-11-20(19(21)25,15-9-6-10-15)12-17(23-16)18(24)22-2/h3-5,7-8,11,13,15H,6,9-10,12H2,1-2H3,(H2,21,25)(H,22,24). The quantitative estimate of drug-likeness (QED) is 0.864. The third kappa shape index (κ3) is 3.11. The fraction of sp³-hybridized carbons (Fsp3) is 0.450. The predicted molar refractivity (Wildman–Crippen MR) is 98.0 cm³/mol. The number of aliphatic imine (C=N–C) groups is 1. The molecule has 0 aromatic heterocycles. The van der Waals surface area contributed by atoms with Crippen molar-refractivity contribution in [3.63, 3.8) is 0 Å². The molecule has 25 heavy (non-hydrogen) atoms. The van der Waals surface area contributed by atoms with Gasteiger partial charge in [0.15, 0.2) is 0 Å². The number of hydrogen-bond donors (Lipinski definition) is 2. The van der Waals surface area contributed by atoms with Crippen LogP contribution in [0.2, 0.25) is 0 Å². The zero-order valence-corrected chi connectivity index (χ0v) is 14.8.